The Labute approximate surface area is 146 Å². The van der Waals surface area contributed by atoms with Gasteiger partial charge in [0, 0.05) is 18.1 Å². The number of hydrogen-bond donors (Lipinski definition) is 3. The minimum atomic E-state index is -0.407. The van der Waals surface area contributed by atoms with E-state index in [1.54, 1.807) is 0 Å². The largest absolute Gasteiger partial charge is 0.353 e. The quantitative estimate of drug-likeness (QED) is 0.685. The van der Waals surface area contributed by atoms with Crippen LogP contribution in [0, 0.1) is 5.92 Å². The Kier molecular flexibility index (Phi) is 6.81. The third-order valence-corrected chi connectivity index (χ3v) is 5.05. The number of carbonyl (C=O) groups is 1. The molecule has 0 aromatic heterocycles. The van der Waals surface area contributed by atoms with Gasteiger partial charge in [-0.2, -0.15) is 0 Å². The number of carbonyl (C=O) groups excluding carboxylic acids is 1. The molecule has 1 unspecified atom stereocenters. The molecular weight excluding hydrogens is 298 g/mol. The van der Waals surface area contributed by atoms with Gasteiger partial charge in [-0.15, -0.1) is 0 Å². The Morgan fingerprint density at radius 2 is 1.79 bits per heavy atom. The standard InChI is InChI=1S/C20H33N3O/c1-15(2)13-18(21)19(24)22-14-20(11-7-8-12-20)23-16(3)17-9-5-4-6-10-17/h4-6,9-10,15-16,18,23H,7-8,11-14,21H2,1-3H3,(H,22,24)/t16?,18-/m0/s1. The van der Waals surface area contributed by atoms with Gasteiger partial charge in [-0.05, 0) is 37.7 Å². The van der Waals surface area contributed by atoms with E-state index in [1.165, 1.54) is 18.4 Å². The third-order valence-electron chi connectivity index (χ3n) is 5.05. The summed E-state index contributed by atoms with van der Waals surface area (Å²) < 4.78 is 0. The van der Waals surface area contributed by atoms with Crippen molar-refractivity contribution < 1.29 is 4.79 Å². The van der Waals surface area contributed by atoms with E-state index in [4.69, 9.17) is 5.73 Å². The van der Waals surface area contributed by atoms with Crippen LogP contribution in [0.15, 0.2) is 30.3 Å². The Morgan fingerprint density at radius 3 is 2.38 bits per heavy atom. The molecule has 0 aliphatic heterocycles. The second kappa shape index (κ2) is 8.63. The van der Waals surface area contributed by atoms with Crippen molar-refractivity contribution in [1.82, 2.24) is 10.6 Å². The van der Waals surface area contributed by atoms with Crippen LogP contribution in [0.4, 0.5) is 0 Å². The lowest BCUT2D eigenvalue weighted by atomic mass is 9.94. The highest BCUT2D eigenvalue weighted by Crippen LogP contribution is 2.31. The van der Waals surface area contributed by atoms with E-state index in [2.05, 4.69) is 55.7 Å². The second-order valence-electron chi connectivity index (χ2n) is 7.72. The van der Waals surface area contributed by atoms with Crippen molar-refractivity contribution in [1.29, 1.82) is 0 Å². The first kappa shape index (κ1) is 18.9. The van der Waals surface area contributed by atoms with Gasteiger partial charge in [-0.25, -0.2) is 0 Å². The number of nitrogens with two attached hydrogens (primary N) is 1. The van der Waals surface area contributed by atoms with E-state index in [9.17, 15) is 4.79 Å². The highest BCUT2D eigenvalue weighted by Gasteiger charge is 2.35. The molecule has 1 aliphatic rings. The first-order valence-corrected chi connectivity index (χ1v) is 9.28. The van der Waals surface area contributed by atoms with E-state index in [0.717, 1.165) is 19.3 Å². The van der Waals surface area contributed by atoms with Crippen LogP contribution in [0.25, 0.3) is 0 Å². The summed E-state index contributed by atoms with van der Waals surface area (Å²) in [5, 5.41) is 6.89. The summed E-state index contributed by atoms with van der Waals surface area (Å²) in [7, 11) is 0. The van der Waals surface area contributed by atoms with Gasteiger partial charge in [0.25, 0.3) is 0 Å². The maximum absolute atomic E-state index is 12.3. The minimum absolute atomic E-state index is 0.0114. The van der Waals surface area contributed by atoms with E-state index in [0.29, 0.717) is 12.5 Å². The van der Waals surface area contributed by atoms with Gasteiger partial charge in [0.15, 0.2) is 0 Å². The highest BCUT2D eigenvalue weighted by molar-refractivity contribution is 5.81. The van der Waals surface area contributed by atoms with Crippen LogP contribution in [-0.2, 0) is 4.79 Å². The van der Waals surface area contributed by atoms with Crippen molar-refractivity contribution in [3.8, 4) is 0 Å². The summed E-state index contributed by atoms with van der Waals surface area (Å²) in [6.07, 6.45) is 5.35. The number of rotatable bonds is 8. The molecule has 4 heteroatoms. The molecule has 4 N–H and O–H groups in total. The zero-order valence-corrected chi connectivity index (χ0v) is 15.3. The average Bonchev–Trinajstić information content (AvgIpc) is 3.01. The van der Waals surface area contributed by atoms with Crippen molar-refractivity contribution in [3.63, 3.8) is 0 Å². The summed E-state index contributed by atoms with van der Waals surface area (Å²) >= 11 is 0. The van der Waals surface area contributed by atoms with Crippen LogP contribution in [0.1, 0.15) is 64.5 Å². The fourth-order valence-corrected chi connectivity index (χ4v) is 3.71. The van der Waals surface area contributed by atoms with Crippen LogP contribution in [0.3, 0.4) is 0 Å². The Bertz CT molecular complexity index is 509. The fourth-order valence-electron chi connectivity index (χ4n) is 3.71. The van der Waals surface area contributed by atoms with Crippen LogP contribution in [0.5, 0.6) is 0 Å². The van der Waals surface area contributed by atoms with Crippen molar-refractivity contribution in [2.75, 3.05) is 6.54 Å². The molecule has 134 valence electrons. The van der Waals surface area contributed by atoms with Gasteiger partial charge < -0.3 is 16.4 Å². The number of amides is 1. The van der Waals surface area contributed by atoms with Crippen LogP contribution in [-0.4, -0.2) is 24.0 Å². The Balaban J connectivity index is 1.94. The van der Waals surface area contributed by atoms with Crippen molar-refractivity contribution in [2.24, 2.45) is 11.7 Å². The predicted molar refractivity (Wildman–Crippen MR) is 99.6 cm³/mol. The molecule has 0 radical (unpaired) electrons. The van der Waals surface area contributed by atoms with Gasteiger partial charge in [-0.1, -0.05) is 57.0 Å². The summed E-state index contributed by atoms with van der Waals surface area (Å²) in [5.74, 6) is 0.409. The molecule has 1 aromatic rings. The van der Waals surface area contributed by atoms with E-state index in [-0.39, 0.29) is 17.5 Å². The average molecular weight is 332 g/mol. The second-order valence-corrected chi connectivity index (χ2v) is 7.72. The molecule has 24 heavy (non-hydrogen) atoms. The van der Waals surface area contributed by atoms with E-state index >= 15 is 0 Å². The van der Waals surface area contributed by atoms with Crippen LogP contribution >= 0.6 is 0 Å². The normalized spacial score (nSPS) is 19.2. The zero-order chi connectivity index (χ0) is 17.6. The SMILES string of the molecule is CC(C)C[C@H](N)C(=O)NCC1(NC(C)c2ccccc2)CCCC1. The lowest BCUT2D eigenvalue weighted by molar-refractivity contribution is -0.123. The van der Waals surface area contributed by atoms with Gasteiger partial charge >= 0.3 is 0 Å². The lowest BCUT2D eigenvalue weighted by Crippen LogP contribution is -2.54. The lowest BCUT2D eigenvalue weighted by Gasteiger charge is -2.34. The monoisotopic (exact) mass is 331 g/mol. The first-order valence-electron chi connectivity index (χ1n) is 9.28. The van der Waals surface area contributed by atoms with E-state index < -0.39 is 6.04 Å². The summed E-state index contributed by atoms with van der Waals surface area (Å²) in [5.41, 5.74) is 7.28. The van der Waals surface area contributed by atoms with Gasteiger partial charge in [0.2, 0.25) is 5.91 Å². The topological polar surface area (TPSA) is 67.2 Å². The fraction of sp³-hybridized carbons (Fsp3) is 0.650. The van der Waals surface area contributed by atoms with Crippen LogP contribution in [0.2, 0.25) is 0 Å². The molecule has 4 nitrogen and oxygen atoms in total. The Morgan fingerprint density at radius 1 is 1.17 bits per heavy atom. The molecule has 0 spiro atoms. The number of hydrogen-bond acceptors (Lipinski definition) is 3. The van der Waals surface area contributed by atoms with Crippen molar-refractivity contribution in [3.05, 3.63) is 35.9 Å². The maximum Gasteiger partial charge on any atom is 0.236 e. The van der Waals surface area contributed by atoms with Crippen molar-refractivity contribution >= 4 is 5.91 Å². The molecule has 1 amide bonds. The van der Waals surface area contributed by atoms with Gasteiger partial charge in [0.05, 0.1) is 6.04 Å². The molecule has 0 heterocycles. The number of nitrogens with one attached hydrogen (secondary N) is 2. The van der Waals surface area contributed by atoms with Crippen molar-refractivity contribution in [2.45, 2.75) is 70.5 Å². The maximum atomic E-state index is 12.3. The van der Waals surface area contributed by atoms with Gasteiger partial charge in [-0.3, -0.25) is 4.79 Å². The Hall–Kier alpha value is -1.39. The third kappa shape index (κ3) is 5.32. The molecule has 2 rings (SSSR count). The molecular formula is C20H33N3O. The molecule has 1 fully saturated rings. The molecule has 0 saturated heterocycles. The summed E-state index contributed by atoms with van der Waals surface area (Å²) in [6.45, 7) is 7.04. The summed E-state index contributed by atoms with van der Waals surface area (Å²) in [4.78, 5) is 12.3. The molecule has 1 saturated carbocycles. The summed E-state index contributed by atoms with van der Waals surface area (Å²) in [6, 6.07) is 10.3. The minimum Gasteiger partial charge on any atom is -0.353 e. The van der Waals surface area contributed by atoms with Crippen LogP contribution < -0.4 is 16.4 Å². The number of benzene rings is 1. The van der Waals surface area contributed by atoms with Gasteiger partial charge in [0.1, 0.15) is 0 Å². The van der Waals surface area contributed by atoms with E-state index in [1.807, 2.05) is 6.07 Å². The molecule has 2 atom stereocenters. The first-order chi connectivity index (χ1) is 11.4. The predicted octanol–water partition coefficient (Wildman–Crippen LogP) is 3.14. The molecule has 0 bridgehead atoms. The molecule has 1 aliphatic carbocycles. The highest BCUT2D eigenvalue weighted by atomic mass is 16.2. The molecule has 1 aromatic carbocycles. The zero-order valence-electron chi connectivity index (χ0n) is 15.3. The smallest absolute Gasteiger partial charge is 0.236 e.